The number of para-hydroxylation sites is 2. The van der Waals surface area contributed by atoms with Gasteiger partial charge in [-0.3, -0.25) is 4.57 Å². The van der Waals surface area contributed by atoms with E-state index in [1.807, 2.05) is 36.4 Å². The zero-order chi connectivity index (χ0) is 12.7. The van der Waals surface area contributed by atoms with Gasteiger partial charge in [0.2, 0.25) is 0 Å². The summed E-state index contributed by atoms with van der Waals surface area (Å²) in [6.45, 7) is 0. The monoisotopic (exact) mass is 250 g/mol. The SMILES string of the molecule is c1ccc2c(c1)nc(-c1ccoc1)n2-c1ccoc1. The maximum atomic E-state index is 5.19. The van der Waals surface area contributed by atoms with Crippen molar-refractivity contribution in [2.75, 3.05) is 0 Å². The summed E-state index contributed by atoms with van der Waals surface area (Å²) in [7, 11) is 0. The zero-order valence-corrected chi connectivity index (χ0v) is 9.98. The van der Waals surface area contributed by atoms with E-state index in [0.29, 0.717) is 0 Å². The molecule has 92 valence electrons. The van der Waals surface area contributed by atoms with Crippen LogP contribution < -0.4 is 0 Å². The van der Waals surface area contributed by atoms with Crippen molar-refractivity contribution in [1.82, 2.24) is 9.55 Å². The van der Waals surface area contributed by atoms with Crippen molar-refractivity contribution in [2.24, 2.45) is 0 Å². The molecule has 4 heteroatoms. The zero-order valence-electron chi connectivity index (χ0n) is 9.98. The molecule has 0 saturated carbocycles. The van der Waals surface area contributed by atoms with Crippen LogP contribution in [-0.2, 0) is 0 Å². The van der Waals surface area contributed by atoms with Crippen LogP contribution in [0.3, 0.4) is 0 Å². The molecule has 4 rings (SSSR count). The third-order valence-corrected chi connectivity index (χ3v) is 3.10. The van der Waals surface area contributed by atoms with Crippen LogP contribution in [0.2, 0.25) is 0 Å². The smallest absolute Gasteiger partial charge is 0.149 e. The van der Waals surface area contributed by atoms with Crippen LogP contribution >= 0.6 is 0 Å². The highest BCUT2D eigenvalue weighted by molar-refractivity contribution is 5.82. The van der Waals surface area contributed by atoms with Gasteiger partial charge in [-0.25, -0.2) is 4.98 Å². The second-order valence-corrected chi connectivity index (χ2v) is 4.25. The molecule has 1 aromatic carbocycles. The van der Waals surface area contributed by atoms with Gasteiger partial charge in [-0.05, 0) is 18.2 Å². The Labute approximate surface area is 108 Å². The maximum Gasteiger partial charge on any atom is 0.149 e. The Balaban J connectivity index is 2.10. The molecule has 0 spiro atoms. The van der Waals surface area contributed by atoms with Crippen molar-refractivity contribution in [3.8, 4) is 17.1 Å². The fourth-order valence-corrected chi connectivity index (χ4v) is 2.26. The number of fused-ring (bicyclic) bond motifs is 1. The van der Waals surface area contributed by atoms with Crippen LogP contribution in [0.15, 0.2) is 70.3 Å². The summed E-state index contributed by atoms with van der Waals surface area (Å²) in [6, 6.07) is 11.8. The quantitative estimate of drug-likeness (QED) is 0.542. The molecule has 0 saturated heterocycles. The average molecular weight is 250 g/mol. The molecular formula is C15H10N2O2. The molecule has 0 atom stereocenters. The number of rotatable bonds is 2. The minimum absolute atomic E-state index is 0.844. The summed E-state index contributed by atoms with van der Waals surface area (Å²) in [5, 5.41) is 0. The van der Waals surface area contributed by atoms with Gasteiger partial charge in [0.1, 0.15) is 18.4 Å². The van der Waals surface area contributed by atoms with Crippen LogP contribution in [0.25, 0.3) is 28.1 Å². The predicted octanol–water partition coefficient (Wildman–Crippen LogP) is 3.88. The summed E-state index contributed by atoms with van der Waals surface area (Å²) >= 11 is 0. The Kier molecular flexibility index (Phi) is 2.08. The highest BCUT2D eigenvalue weighted by atomic mass is 16.3. The van der Waals surface area contributed by atoms with Gasteiger partial charge in [0.05, 0.1) is 34.8 Å². The third-order valence-electron chi connectivity index (χ3n) is 3.10. The summed E-state index contributed by atoms with van der Waals surface area (Å²) in [6.07, 6.45) is 6.70. The number of nitrogens with zero attached hydrogens (tertiary/aromatic N) is 2. The van der Waals surface area contributed by atoms with Gasteiger partial charge in [-0.15, -0.1) is 0 Å². The summed E-state index contributed by atoms with van der Waals surface area (Å²) < 4.78 is 12.4. The molecule has 0 amide bonds. The van der Waals surface area contributed by atoms with E-state index in [0.717, 1.165) is 28.1 Å². The lowest BCUT2D eigenvalue weighted by atomic mass is 10.3. The van der Waals surface area contributed by atoms with Gasteiger partial charge in [0.25, 0.3) is 0 Å². The molecule has 4 nitrogen and oxygen atoms in total. The van der Waals surface area contributed by atoms with E-state index < -0.39 is 0 Å². The normalized spacial score (nSPS) is 11.2. The van der Waals surface area contributed by atoms with Gasteiger partial charge in [0.15, 0.2) is 0 Å². The molecule has 19 heavy (non-hydrogen) atoms. The van der Waals surface area contributed by atoms with E-state index in [-0.39, 0.29) is 0 Å². The largest absolute Gasteiger partial charge is 0.472 e. The standard InChI is InChI=1S/C15H10N2O2/c1-2-4-14-13(3-1)16-15(11-5-7-18-9-11)17(14)12-6-8-19-10-12/h1-10H. The number of hydrogen-bond acceptors (Lipinski definition) is 3. The third kappa shape index (κ3) is 1.50. The lowest BCUT2D eigenvalue weighted by Crippen LogP contribution is -1.94. The molecule has 3 heterocycles. The van der Waals surface area contributed by atoms with Crippen LogP contribution in [0, 0.1) is 0 Å². The number of imidazole rings is 1. The van der Waals surface area contributed by atoms with Gasteiger partial charge in [-0.2, -0.15) is 0 Å². The molecule has 0 N–H and O–H groups in total. The lowest BCUT2D eigenvalue weighted by molar-refractivity contribution is 0.565. The fraction of sp³-hybridized carbons (Fsp3) is 0. The number of furan rings is 2. The average Bonchev–Trinajstić information content (AvgIpc) is 3.17. The minimum atomic E-state index is 0.844. The van der Waals surface area contributed by atoms with E-state index in [1.165, 1.54) is 0 Å². The van der Waals surface area contributed by atoms with Crippen LogP contribution in [0.4, 0.5) is 0 Å². The second kappa shape index (κ2) is 3.88. The van der Waals surface area contributed by atoms with E-state index in [4.69, 9.17) is 8.83 Å². The van der Waals surface area contributed by atoms with E-state index in [9.17, 15) is 0 Å². The Morgan fingerprint density at radius 2 is 1.74 bits per heavy atom. The Morgan fingerprint density at radius 1 is 0.895 bits per heavy atom. The number of hydrogen-bond donors (Lipinski definition) is 0. The first kappa shape index (κ1) is 10.2. The predicted molar refractivity (Wildman–Crippen MR) is 71.0 cm³/mol. The molecule has 0 bridgehead atoms. The van der Waals surface area contributed by atoms with Gasteiger partial charge in [-0.1, -0.05) is 12.1 Å². The fourth-order valence-electron chi connectivity index (χ4n) is 2.26. The Bertz CT molecular complexity index is 811. The highest BCUT2D eigenvalue weighted by Crippen LogP contribution is 2.28. The van der Waals surface area contributed by atoms with E-state index in [2.05, 4.69) is 9.55 Å². The Hall–Kier alpha value is -2.75. The lowest BCUT2D eigenvalue weighted by Gasteiger charge is -2.04. The molecular weight excluding hydrogens is 240 g/mol. The maximum absolute atomic E-state index is 5.19. The van der Waals surface area contributed by atoms with Crippen molar-refractivity contribution in [3.05, 3.63) is 61.5 Å². The molecule has 0 fully saturated rings. The molecule has 0 radical (unpaired) electrons. The molecule has 0 unspecified atom stereocenters. The first-order valence-electron chi connectivity index (χ1n) is 5.96. The van der Waals surface area contributed by atoms with Gasteiger partial charge < -0.3 is 8.83 Å². The summed E-state index contributed by atoms with van der Waals surface area (Å²) in [5.74, 6) is 0.844. The van der Waals surface area contributed by atoms with E-state index >= 15 is 0 Å². The highest BCUT2D eigenvalue weighted by Gasteiger charge is 2.15. The molecule has 0 aliphatic rings. The minimum Gasteiger partial charge on any atom is -0.472 e. The molecule has 4 aromatic rings. The van der Waals surface area contributed by atoms with Gasteiger partial charge in [0, 0.05) is 6.07 Å². The van der Waals surface area contributed by atoms with Crippen LogP contribution in [0.1, 0.15) is 0 Å². The van der Waals surface area contributed by atoms with Gasteiger partial charge >= 0.3 is 0 Å². The van der Waals surface area contributed by atoms with Crippen LogP contribution in [0.5, 0.6) is 0 Å². The first-order chi connectivity index (χ1) is 9.43. The Morgan fingerprint density at radius 3 is 2.53 bits per heavy atom. The number of aromatic nitrogens is 2. The molecule has 3 aromatic heterocycles. The van der Waals surface area contributed by atoms with Crippen molar-refractivity contribution in [2.45, 2.75) is 0 Å². The molecule has 0 aliphatic heterocycles. The number of benzene rings is 1. The van der Waals surface area contributed by atoms with Crippen molar-refractivity contribution in [3.63, 3.8) is 0 Å². The topological polar surface area (TPSA) is 44.1 Å². The van der Waals surface area contributed by atoms with Crippen molar-refractivity contribution < 1.29 is 8.83 Å². The summed E-state index contributed by atoms with van der Waals surface area (Å²) in [4.78, 5) is 4.67. The summed E-state index contributed by atoms with van der Waals surface area (Å²) in [5.41, 5.74) is 3.88. The molecule has 0 aliphatic carbocycles. The van der Waals surface area contributed by atoms with Crippen molar-refractivity contribution in [1.29, 1.82) is 0 Å². The van der Waals surface area contributed by atoms with Crippen molar-refractivity contribution >= 4 is 11.0 Å². The van der Waals surface area contributed by atoms with Crippen LogP contribution in [-0.4, -0.2) is 9.55 Å². The van der Waals surface area contributed by atoms with E-state index in [1.54, 1.807) is 25.1 Å². The second-order valence-electron chi connectivity index (χ2n) is 4.25. The first-order valence-corrected chi connectivity index (χ1v) is 5.96.